The number of nitrogen functional groups attached to an aromatic ring is 1. The molecule has 0 atom stereocenters. The van der Waals surface area contributed by atoms with Gasteiger partial charge in [0, 0.05) is 12.4 Å². The van der Waals surface area contributed by atoms with Crippen molar-refractivity contribution in [2.45, 2.75) is 0 Å². The van der Waals surface area contributed by atoms with Crippen LogP contribution in [0.25, 0.3) is 0 Å². The number of pyridine rings is 1. The maximum Gasteiger partial charge on any atom is 0.229 e. The van der Waals surface area contributed by atoms with Crippen LogP contribution in [0.5, 0.6) is 0 Å². The van der Waals surface area contributed by atoms with Crippen LogP contribution in [0.3, 0.4) is 0 Å². The second-order valence-electron chi connectivity index (χ2n) is 2.53. The highest BCUT2D eigenvalue weighted by atomic mass is 32.2. The molecule has 7 heteroatoms. The van der Waals surface area contributed by atoms with Crippen LogP contribution in [0.15, 0.2) is 17.2 Å². The fourth-order valence-corrected chi connectivity index (χ4v) is 1.33. The van der Waals surface area contributed by atoms with Crippen molar-refractivity contribution in [3.63, 3.8) is 0 Å². The third kappa shape index (κ3) is 2.48. The number of hydrogen-bond acceptors (Lipinski definition) is 4. The molecule has 1 heterocycles. The summed E-state index contributed by atoms with van der Waals surface area (Å²) in [5.74, 6) is 0. The average Bonchev–Trinajstić information content (AvgIpc) is 1.96. The molecule has 0 fully saturated rings. The zero-order valence-corrected chi connectivity index (χ0v) is 7.68. The average molecular weight is 203 g/mol. The molecule has 1 aromatic rings. The van der Waals surface area contributed by atoms with Gasteiger partial charge in [-0.15, -0.1) is 0 Å². The number of nitrogens with two attached hydrogens (primary N) is 1. The van der Waals surface area contributed by atoms with Crippen LogP contribution >= 0.6 is 0 Å². The van der Waals surface area contributed by atoms with Crippen LogP contribution in [-0.2, 0) is 10.0 Å². The number of H-pyrrole nitrogens is 1. The molecule has 72 valence electrons. The zero-order valence-electron chi connectivity index (χ0n) is 6.87. The van der Waals surface area contributed by atoms with Gasteiger partial charge in [0.05, 0.1) is 11.9 Å². The van der Waals surface area contributed by atoms with E-state index < -0.39 is 15.5 Å². The van der Waals surface area contributed by atoms with Crippen LogP contribution in [0, 0.1) is 0 Å². The molecule has 0 aliphatic rings. The van der Waals surface area contributed by atoms with Gasteiger partial charge in [0.2, 0.25) is 15.5 Å². The van der Waals surface area contributed by atoms with E-state index in [2.05, 4.69) is 4.98 Å². The lowest BCUT2D eigenvalue weighted by Crippen LogP contribution is -2.19. The molecule has 0 spiro atoms. The van der Waals surface area contributed by atoms with E-state index in [1.807, 2.05) is 4.72 Å². The predicted octanol–water partition coefficient (Wildman–Crippen LogP) is -0.671. The SMILES string of the molecule is CS(=O)(=O)Nc1c[nH]cc(N)c1=O. The normalized spacial score (nSPS) is 11.2. The number of anilines is 2. The lowest BCUT2D eigenvalue weighted by Gasteiger charge is -2.02. The van der Waals surface area contributed by atoms with Crippen LogP contribution in [0.2, 0.25) is 0 Å². The number of aromatic amines is 1. The maximum atomic E-state index is 11.2. The summed E-state index contributed by atoms with van der Waals surface area (Å²) in [4.78, 5) is 13.7. The standard InChI is InChI=1S/C6H9N3O3S/c1-13(11,12)9-5-3-8-2-4(7)6(5)10/h2-3,9H,7H2,1H3,(H,8,10). The topological polar surface area (TPSA) is 105 Å². The van der Waals surface area contributed by atoms with Crippen LogP contribution < -0.4 is 15.9 Å². The second-order valence-corrected chi connectivity index (χ2v) is 4.28. The van der Waals surface area contributed by atoms with E-state index in [1.165, 1.54) is 12.4 Å². The minimum absolute atomic E-state index is 0.0337. The van der Waals surface area contributed by atoms with E-state index in [4.69, 9.17) is 5.73 Å². The van der Waals surface area contributed by atoms with Crippen LogP contribution in [0.4, 0.5) is 11.4 Å². The zero-order chi connectivity index (χ0) is 10.1. The molecule has 0 amide bonds. The van der Waals surface area contributed by atoms with Crippen LogP contribution in [0.1, 0.15) is 0 Å². The summed E-state index contributed by atoms with van der Waals surface area (Å²) < 4.78 is 23.6. The Labute approximate surface area is 74.8 Å². The number of aromatic nitrogens is 1. The van der Waals surface area contributed by atoms with E-state index in [9.17, 15) is 13.2 Å². The molecule has 0 aliphatic carbocycles. The summed E-state index contributed by atoms with van der Waals surface area (Å²) >= 11 is 0. The van der Waals surface area contributed by atoms with E-state index in [0.29, 0.717) is 0 Å². The van der Waals surface area contributed by atoms with Crippen molar-refractivity contribution in [3.05, 3.63) is 22.6 Å². The Morgan fingerprint density at radius 2 is 2.08 bits per heavy atom. The van der Waals surface area contributed by atoms with Crippen molar-refractivity contribution >= 4 is 21.4 Å². The van der Waals surface area contributed by atoms with Crippen molar-refractivity contribution in [1.82, 2.24) is 4.98 Å². The summed E-state index contributed by atoms with van der Waals surface area (Å²) in [5.41, 5.74) is 4.61. The largest absolute Gasteiger partial charge is 0.394 e. The minimum atomic E-state index is -3.44. The first-order valence-electron chi connectivity index (χ1n) is 3.34. The lowest BCUT2D eigenvalue weighted by molar-refractivity contribution is 0.606. The molecule has 1 rings (SSSR count). The monoisotopic (exact) mass is 203 g/mol. The van der Waals surface area contributed by atoms with E-state index in [1.54, 1.807) is 0 Å². The van der Waals surface area contributed by atoms with Crippen molar-refractivity contribution in [3.8, 4) is 0 Å². The Morgan fingerprint density at radius 3 is 2.62 bits per heavy atom. The molecule has 0 saturated carbocycles. The highest BCUT2D eigenvalue weighted by molar-refractivity contribution is 7.92. The summed E-state index contributed by atoms with van der Waals surface area (Å²) in [6.45, 7) is 0. The van der Waals surface area contributed by atoms with Gasteiger partial charge >= 0.3 is 0 Å². The Hall–Kier alpha value is -1.50. The van der Waals surface area contributed by atoms with Crippen LogP contribution in [-0.4, -0.2) is 19.7 Å². The van der Waals surface area contributed by atoms with Crippen molar-refractivity contribution in [2.24, 2.45) is 0 Å². The molecule has 0 unspecified atom stereocenters. The number of hydrogen-bond donors (Lipinski definition) is 3. The minimum Gasteiger partial charge on any atom is -0.394 e. The van der Waals surface area contributed by atoms with Crippen molar-refractivity contribution < 1.29 is 8.42 Å². The van der Waals surface area contributed by atoms with Gasteiger partial charge in [-0.25, -0.2) is 8.42 Å². The lowest BCUT2D eigenvalue weighted by atomic mass is 10.4. The molecule has 6 nitrogen and oxygen atoms in total. The molecular weight excluding hydrogens is 194 g/mol. The van der Waals surface area contributed by atoms with Gasteiger partial charge in [-0.2, -0.15) is 0 Å². The van der Waals surface area contributed by atoms with Gasteiger partial charge in [0.1, 0.15) is 5.69 Å². The van der Waals surface area contributed by atoms with Gasteiger partial charge in [0.15, 0.2) is 0 Å². The maximum absolute atomic E-state index is 11.2. The molecule has 0 saturated heterocycles. The Morgan fingerprint density at radius 1 is 1.46 bits per heavy atom. The molecule has 0 radical (unpaired) electrons. The Kier molecular flexibility index (Phi) is 2.28. The molecule has 0 aromatic carbocycles. The van der Waals surface area contributed by atoms with Crippen molar-refractivity contribution in [1.29, 1.82) is 0 Å². The second kappa shape index (κ2) is 3.09. The summed E-state index contributed by atoms with van der Waals surface area (Å²) in [6.07, 6.45) is 3.48. The first-order valence-corrected chi connectivity index (χ1v) is 5.23. The van der Waals surface area contributed by atoms with Gasteiger partial charge in [0.25, 0.3) is 0 Å². The fraction of sp³-hybridized carbons (Fsp3) is 0.167. The van der Waals surface area contributed by atoms with Gasteiger partial charge < -0.3 is 10.7 Å². The van der Waals surface area contributed by atoms with E-state index >= 15 is 0 Å². The smallest absolute Gasteiger partial charge is 0.229 e. The predicted molar refractivity (Wildman–Crippen MR) is 49.9 cm³/mol. The molecule has 13 heavy (non-hydrogen) atoms. The van der Waals surface area contributed by atoms with Gasteiger partial charge in [-0.3, -0.25) is 9.52 Å². The van der Waals surface area contributed by atoms with Gasteiger partial charge in [-0.1, -0.05) is 0 Å². The molecular formula is C6H9N3O3S. The number of rotatable bonds is 2. The molecule has 4 N–H and O–H groups in total. The number of nitrogens with one attached hydrogen (secondary N) is 2. The first kappa shape index (κ1) is 9.59. The summed E-state index contributed by atoms with van der Waals surface area (Å²) in [7, 11) is -3.44. The van der Waals surface area contributed by atoms with E-state index in [0.717, 1.165) is 6.26 Å². The van der Waals surface area contributed by atoms with E-state index in [-0.39, 0.29) is 11.4 Å². The highest BCUT2D eigenvalue weighted by Crippen LogP contribution is 2.01. The molecule has 1 aromatic heterocycles. The third-order valence-electron chi connectivity index (χ3n) is 1.27. The van der Waals surface area contributed by atoms with Gasteiger partial charge in [-0.05, 0) is 0 Å². The van der Waals surface area contributed by atoms with Crippen molar-refractivity contribution in [2.75, 3.05) is 16.7 Å². The summed E-state index contributed by atoms with van der Waals surface area (Å²) in [5, 5.41) is 0. The first-order chi connectivity index (χ1) is 5.90. The summed E-state index contributed by atoms with van der Waals surface area (Å²) in [6, 6.07) is 0. The quantitative estimate of drug-likeness (QED) is 0.592. The third-order valence-corrected chi connectivity index (χ3v) is 1.86. The highest BCUT2D eigenvalue weighted by Gasteiger charge is 2.06. The molecule has 0 bridgehead atoms. The number of sulfonamides is 1. The molecule has 0 aliphatic heterocycles. The fourth-order valence-electron chi connectivity index (χ4n) is 0.777. The Balaban J connectivity index is 3.18. The Bertz CT molecular complexity index is 462.